The van der Waals surface area contributed by atoms with Crippen LogP contribution in [0, 0.1) is 17.3 Å². The van der Waals surface area contributed by atoms with Gasteiger partial charge in [-0.1, -0.05) is 44.4 Å². The molecule has 0 bridgehead atoms. The highest BCUT2D eigenvalue weighted by Crippen LogP contribution is 2.47. The van der Waals surface area contributed by atoms with Crippen LogP contribution in [0.5, 0.6) is 0 Å². The third kappa shape index (κ3) is 6.78. The molecule has 1 saturated carbocycles. The Balaban J connectivity index is 0.000000314. The van der Waals surface area contributed by atoms with E-state index in [1.807, 2.05) is 0 Å². The zero-order chi connectivity index (χ0) is 31.0. The number of fused-ring (bicyclic) bond motifs is 4. The van der Waals surface area contributed by atoms with E-state index < -0.39 is 33.2 Å². The van der Waals surface area contributed by atoms with Crippen LogP contribution < -0.4 is 0 Å². The maximum absolute atomic E-state index is 13.3. The SMILES string of the molecule is C[C@H]1c2c([nH]c3ccc(C(F)(F)F)cc23)C[C@H]2CCN(CCC3(C(=O)O)CCCCC3)C[C@@H]21.O=S(=O)(O)c1ccccc1. The molecule has 0 spiro atoms. The summed E-state index contributed by atoms with van der Waals surface area (Å²) in [5.74, 6) is 0.419. The number of alkyl halides is 3. The van der Waals surface area contributed by atoms with Crippen molar-refractivity contribution in [3.8, 4) is 0 Å². The van der Waals surface area contributed by atoms with Gasteiger partial charge in [0.15, 0.2) is 0 Å². The van der Waals surface area contributed by atoms with Crippen molar-refractivity contribution in [3.05, 3.63) is 65.4 Å². The summed E-state index contributed by atoms with van der Waals surface area (Å²) in [7, 11) is -4.00. The standard InChI is InChI=1S/C26H33F3N2O2.C6H6O3S/c1-16-20-15-31(12-10-25(24(32)33)8-3-2-4-9-25)11-7-17(20)13-22-23(16)19-14-18(26(27,28)29)5-6-21(19)30-22;7-10(8,9)6-4-2-1-3-5-6/h5-6,14,16-17,20,30H,2-4,7-13,15H2,1H3,(H,32,33);1-5H,(H,7,8,9)/t16-,17-,20-;/m1./s1. The number of hydrogen-bond acceptors (Lipinski definition) is 4. The highest BCUT2D eigenvalue weighted by molar-refractivity contribution is 7.85. The van der Waals surface area contributed by atoms with Gasteiger partial charge < -0.3 is 15.0 Å². The first-order chi connectivity index (χ1) is 20.3. The molecule has 11 heteroatoms. The number of aromatic nitrogens is 1. The van der Waals surface area contributed by atoms with E-state index in [4.69, 9.17) is 4.55 Å². The summed E-state index contributed by atoms with van der Waals surface area (Å²) in [4.78, 5) is 17.8. The second-order valence-electron chi connectivity index (χ2n) is 12.5. The number of aromatic amines is 1. The Labute approximate surface area is 250 Å². The third-order valence-electron chi connectivity index (χ3n) is 9.91. The van der Waals surface area contributed by atoms with Gasteiger partial charge in [0.2, 0.25) is 0 Å². The molecule has 0 unspecified atom stereocenters. The van der Waals surface area contributed by atoms with E-state index in [0.717, 1.165) is 87.4 Å². The first-order valence-corrected chi connectivity index (χ1v) is 16.4. The Hall–Kier alpha value is -2.89. The van der Waals surface area contributed by atoms with Crippen molar-refractivity contribution >= 4 is 27.0 Å². The molecule has 1 aliphatic heterocycles. The molecule has 43 heavy (non-hydrogen) atoms. The Kier molecular flexibility index (Phi) is 8.98. The minimum atomic E-state index is -4.35. The number of carboxylic acids is 1. The molecule has 7 nitrogen and oxygen atoms in total. The summed E-state index contributed by atoms with van der Waals surface area (Å²) in [5.41, 5.74) is 1.76. The predicted molar refractivity (Wildman–Crippen MR) is 157 cm³/mol. The Morgan fingerprint density at radius 3 is 2.40 bits per heavy atom. The monoisotopic (exact) mass is 620 g/mol. The number of halogens is 3. The van der Waals surface area contributed by atoms with Crippen molar-refractivity contribution in [2.45, 2.75) is 75.3 Å². The van der Waals surface area contributed by atoms with E-state index in [1.165, 1.54) is 18.2 Å². The Bertz CT molecular complexity index is 1550. The van der Waals surface area contributed by atoms with E-state index in [-0.39, 0.29) is 10.8 Å². The number of likely N-dealkylation sites (tertiary alicyclic amines) is 1. The second-order valence-corrected chi connectivity index (χ2v) is 13.9. The fourth-order valence-corrected chi connectivity index (χ4v) is 7.99. The average molecular weight is 621 g/mol. The van der Waals surface area contributed by atoms with E-state index in [2.05, 4.69) is 16.8 Å². The number of piperidine rings is 1. The Morgan fingerprint density at radius 2 is 1.79 bits per heavy atom. The number of carboxylic acid groups (broad SMARTS) is 1. The molecule has 3 aliphatic rings. The van der Waals surface area contributed by atoms with Crippen LogP contribution in [0.15, 0.2) is 53.4 Å². The Morgan fingerprint density at radius 1 is 1.09 bits per heavy atom. The number of hydrogen-bond donors (Lipinski definition) is 3. The van der Waals surface area contributed by atoms with Crippen molar-refractivity contribution in [2.75, 3.05) is 19.6 Å². The fourth-order valence-electron chi connectivity index (χ4n) is 7.49. The minimum absolute atomic E-state index is 0.0741. The highest BCUT2D eigenvalue weighted by atomic mass is 32.2. The van der Waals surface area contributed by atoms with E-state index in [1.54, 1.807) is 24.3 Å². The van der Waals surface area contributed by atoms with Gasteiger partial charge in [-0.15, -0.1) is 0 Å². The summed E-state index contributed by atoms with van der Waals surface area (Å²) in [6.07, 6.45) is 2.96. The molecule has 2 heterocycles. The van der Waals surface area contributed by atoms with E-state index in [0.29, 0.717) is 23.6 Å². The number of nitrogens with zero attached hydrogens (tertiary/aromatic N) is 1. The summed E-state index contributed by atoms with van der Waals surface area (Å²) < 4.78 is 69.3. The maximum Gasteiger partial charge on any atom is 0.416 e. The number of carbonyl (C=O) groups is 1. The first kappa shape index (κ1) is 31.5. The second kappa shape index (κ2) is 12.2. The van der Waals surface area contributed by atoms with Crippen LogP contribution in [0.3, 0.4) is 0 Å². The van der Waals surface area contributed by atoms with Gasteiger partial charge in [0.25, 0.3) is 10.1 Å². The molecule has 234 valence electrons. The molecular formula is C32H39F3N2O5S. The molecule has 2 aliphatic carbocycles. The first-order valence-electron chi connectivity index (χ1n) is 15.0. The van der Waals surface area contributed by atoms with Gasteiger partial charge in [0.1, 0.15) is 0 Å². The lowest BCUT2D eigenvalue weighted by Crippen LogP contribution is -2.47. The van der Waals surface area contributed by atoms with Crippen LogP contribution in [0.2, 0.25) is 0 Å². The smallest absolute Gasteiger partial charge is 0.416 e. The lowest BCUT2D eigenvalue weighted by molar-refractivity contribution is -0.152. The van der Waals surface area contributed by atoms with Crippen LogP contribution in [0.25, 0.3) is 10.9 Å². The molecular weight excluding hydrogens is 581 g/mol. The van der Waals surface area contributed by atoms with E-state index >= 15 is 0 Å². The molecule has 3 N–H and O–H groups in total. The molecule has 3 aromatic rings. The number of rotatable bonds is 5. The lowest BCUT2D eigenvalue weighted by atomic mass is 9.67. The summed E-state index contributed by atoms with van der Waals surface area (Å²) in [6.45, 7) is 4.82. The van der Waals surface area contributed by atoms with Crippen molar-refractivity contribution < 1.29 is 36.0 Å². The molecule has 2 fully saturated rings. The van der Waals surface area contributed by atoms with Gasteiger partial charge in [0, 0.05) is 23.1 Å². The van der Waals surface area contributed by atoms with E-state index in [9.17, 15) is 31.5 Å². The van der Waals surface area contributed by atoms with Gasteiger partial charge in [-0.2, -0.15) is 21.6 Å². The van der Waals surface area contributed by atoms with Crippen LogP contribution in [0.1, 0.15) is 74.6 Å². The molecule has 6 rings (SSSR count). The lowest BCUT2D eigenvalue weighted by Gasteiger charge is -2.45. The van der Waals surface area contributed by atoms with Gasteiger partial charge in [-0.3, -0.25) is 9.35 Å². The van der Waals surface area contributed by atoms with Crippen LogP contribution in [0.4, 0.5) is 13.2 Å². The van der Waals surface area contributed by atoms with Crippen LogP contribution in [-0.2, 0) is 27.5 Å². The number of aliphatic carboxylic acids is 1. The normalized spacial score (nSPS) is 24.0. The van der Waals surface area contributed by atoms with Crippen LogP contribution >= 0.6 is 0 Å². The van der Waals surface area contributed by atoms with Gasteiger partial charge in [-0.05, 0) is 98.8 Å². The maximum atomic E-state index is 13.3. The highest BCUT2D eigenvalue weighted by Gasteiger charge is 2.43. The predicted octanol–water partition coefficient (Wildman–Crippen LogP) is 7.14. The zero-order valence-electron chi connectivity index (χ0n) is 24.2. The largest absolute Gasteiger partial charge is 0.481 e. The average Bonchev–Trinajstić information content (AvgIpc) is 3.34. The summed E-state index contributed by atoms with van der Waals surface area (Å²) >= 11 is 0. The van der Waals surface area contributed by atoms with Crippen molar-refractivity contribution in [3.63, 3.8) is 0 Å². The van der Waals surface area contributed by atoms with Gasteiger partial charge >= 0.3 is 12.1 Å². The third-order valence-corrected chi connectivity index (χ3v) is 10.8. The van der Waals surface area contributed by atoms with Gasteiger partial charge in [0.05, 0.1) is 15.9 Å². The number of nitrogens with one attached hydrogen (secondary N) is 1. The fraction of sp³-hybridized carbons (Fsp3) is 0.531. The van der Waals surface area contributed by atoms with Gasteiger partial charge in [-0.25, -0.2) is 0 Å². The molecule has 3 atom stereocenters. The number of H-pyrrole nitrogens is 1. The van der Waals surface area contributed by atoms with Crippen molar-refractivity contribution in [2.24, 2.45) is 17.3 Å². The minimum Gasteiger partial charge on any atom is -0.481 e. The number of benzene rings is 2. The van der Waals surface area contributed by atoms with Crippen molar-refractivity contribution in [1.29, 1.82) is 0 Å². The molecule has 1 saturated heterocycles. The topological polar surface area (TPSA) is 111 Å². The summed E-state index contributed by atoms with van der Waals surface area (Å²) in [6, 6.07) is 11.5. The van der Waals surface area contributed by atoms with Crippen molar-refractivity contribution in [1.82, 2.24) is 9.88 Å². The molecule has 2 aromatic carbocycles. The quantitative estimate of drug-likeness (QED) is 0.262. The molecule has 0 radical (unpaired) electrons. The zero-order valence-corrected chi connectivity index (χ0v) is 25.1. The molecule has 0 amide bonds. The van der Waals surface area contributed by atoms with Crippen LogP contribution in [-0.4, -0.2) is 53.6 Å². The molecule has 1 aromatic heterocycles. The summed E-state index contributed by atoms with van der Waals surface area (Å²) in [5, 5.41) is 10.6.